The molecule has 0 amide bonds. The lowest BCUT2D eigenvalue weighted by Crippen LogP contribution is -2.32. The molecule has 4 rings (SSSR count). The topological polar surface area (TPSA) is 120 Å². The van der Waals surface area contributed by atoms with E-state index < -0.39 is 0 Å². The monoisotopic (exact) mass is 678 g/mol. The molecule has 2 aromatic heterocycles. The summed E-state index contributed by atoms with van der Waals surface area (Å²) in [6.45, 7) is 14.9. The number of imidazole rings is 2. The van der Waals surface area contributed by atoms with Gasteiger partial charge in [-0.05, 0) is 46.2 Å². The predicted octanol–water partition coefficient (Wildman–Crippen LogP) is 5.38. The minimum atomic E-state index is -0.359. The van der Waals surface area contributed by atoms with E-state index in [-0.39, 0.29) is 24.1 Å². The summed E-state index contributed by atoms with van der Waals surface area (Å²) in [6, 6.07) is 14.9. The number of phenolic OH excluding ortho intramolecular Hbond substituents is 2. The normalized spacial score (nSPS) is 11.9. The largest absolute Gasteiger partial charge is 0.508 e. The average molecular weight is 679 g/mol. The van der Waals surface area contributed by atoms with Crippen LogP contribution in [0, 0.1) is 0 Å². The highest BCUT2D eigenvalue weighted by atomic mass is 16.7. The van der Waals surface area contributed by atoms with Crippen LogP contribution in [0.4, 0.5) is 0 Å². The Hall–Kier alpha value is -3.78. The lowest BCUT2D eigenvalue weighted by Gasteiger charge is -2.27. The quantitative estimate of drug-likeness (QED) is 0.0935. The number of phenols is 2. The molecule has 12 nitrogen and oxygen atoms in total. The number of hydrogen-bond acceptors (Lipinski definition) is 10. The molecule has 2 aromatic carbocycles. The zero-order chi connectivity index (χ0) is 34.8. The molecule has 0 saturated heterocycles. The van der Waals surface area contributed by atoms with Gasteiger partial charge in [0.25, 0.3) is 0 Å². The summed E-state index contributed by atoms with van der Waals surface area (Å²) in [4.78, 5) is 14.0. The summed E-state index contributed by atoms with van der Waals surface area (Å²) in [5.74, 6) is 2.33. The van der Waals surface area contributed by atoms with Gasteiger partial charge >= 0.3 is 0 Å². The van der Waals surface area contributed by atoms with Crippen molar-refractivity contribution in [3.8, 4) is 11.5 Å². The third-order valence-electron chi connectivity index (χ3n) is 8.16. The van der Waals surface area contributed by atoms with Crippen LogP contribution in [-0.4, -0.2) is 91.2 Å². The minimum Gasteiger partial charge on any atom is -0.508 e. The van der Waals surface area contributed by atoms with Gasteiger partial charge in [0.15, 0.2) is 12.6 Å². The van der Waals surface area contributed by atoms with Crippen LogP contribution < -0.4 is 0 Å². The van der Waals surface area contributed by atoms with Gasteiger partial charge in [0.1, 0.15) is 23.1 Å². The second-order valence-electron chi connectivity index (χ2n) is 11.7. The van der Waals surface area contributed by atoms with E-state index in [1.807, 2.05) is 76.5 Å². The van der Waals surface area contributed by atoms with Gasteiger partial charge in [-0.3, -0.25) is 9.80 Å². The average Bonchev–Trinajstić information content (AvgIpc) is 3.72. The van der Waals surface area contributed by atoms with Crippen LogP contribution >= 0.6 is 0 Å². The van der Waals surface area contributed by atoms with Gasteiger partial charge in [-0.2, -0.15) is 0 Å². The Morgan fingerprint density at radius 2 is 0.980 bits per heavy atom. The molecule has 0 aliphatic rings. The van der Waals surface area contributed by atoms with Crippen LogP contribution in [0.5, 0.6) is 11.5 Å². The molecular formula is C37H54N6O6. The lowest BCUT2D eigenvalue weighted by molar-refractivity contribution is -0.144. The lowest BCUT2D eigenvalue weighted by atomic mass is 10.1. The summed E-state index contributed by atoms with van der Waals surface area (Å²) in [6.07, 6.45) is 7.63. The Labute approximate surface area is 290 Å². The Kier molecular flexibility index (Phi) is 16.0. The van der Waals surface area contributed by atoms with E-state index in [1.54, 1.807) is 24.5 Å². The van der Waals surface area contributed by atoms with E-state index in [4.69, 9.17) is 18.9 Å². The molecule has 0 radical (unpaired) electrons. The summed E-state index contributed by atoms with van der Waals surface area (Å²) in [5, 5.41) is 21.3. The molecule has 0 spiro atoms. The van der Waals surface area contributed by atoms with Crippen molar-refractivity contribution in [1.29, 1.82) is 0 Å². The van der Waals surface area contributed by atoms with Crippen molar-refractivity contribution in [3.05, 3.63) is 96.1 Å². The van der Waals surface area contributed by atoms with E-state index >= 15 is 0 Å². The minimum absolute atomic E-state index is 0.272. The van der Waals surface area contributed by atoms with E-state index in [0.717, 1.165) is 42.3 Å². The van der Waals surface area contributed by atoms with Gasteiger partial charge < -0.3 is 38.3 Å². The highest BCUT2D eigenvalue weighted by Crippen LogP contribution is 2.22. The van der Waals surface area contributed by atoms with E-state index in [2.05, 4.69) is 28.9 Å². The number of hydrogen-bond donors (Lipinski definition) is 2. The first kappa shape index (κ1) is 38.0. The molecule has 4 aromatic rings. The van der Waals surface area contributed by atoms with Crippen molar-refractivity contribution < 1.29 is 29.2 Å². The second kappa shape index (κ2) is 20.7. The maximum absolute atomic E-state index is 10.6. The third-order valence-corrected chi connectivity index (χ3v) is 8.16. The zero-order valence-electron chi connectivity index (χ0n) is 29.5. The maximum Gasteiger partial charge on any atom is 0.175 e. The van der Waals surface area contributed by atoms with Gasteiger partial charge in [-0.15, -0.1) is 0 Å². The summed E-state index contributed by atoms with van der Waals surface area (Å²) in [7, 11) is 0. The fourth-order valence-electron chi connectivity index (χ4n) is 5.80. The molecule has 0 aliphatic heterocycles. The molecule has 2 N–H and O–H groups in total. The highest BCUT2D eigenvalue weighted by molar-refractivity contribution is 5.32. The molecular weight excluding hydrogens is 624 g/mol. The van der Waals surface area contributed by atoms with Crippen molar-refractivity contribution in [2.24, 2.45) is 0 Å². The molecule has 0 unspecified atom stereocenters. The Morgan fingerprint density at radius 3 is 1.35 bits per heavy atom. The van der Waals surface area contributed by atoms with Crippen molar-refractivity contribution in [2.75, 3.05) is 39.5 Å². The molecule has 0 aliphatic carbocycles. The fourth-order valence-corrected chi connectivity index (χ4v) is 5.80. The van der Waals surface area contributed by atoms with Crippen molar-refractivity contribution in [1.82, 2.24) is 28.9 Å². The summed E-state index contributed by atoms with van der Waals surface area (Å²) < 4.78 is 27.4. The molecule has 268 valence electrons. The Morgan fingerprint density at radius 1 is 0.592 bits per heavy atom. The van der Waals surface area contributed by atoms with E-state index in [0.29, 0.717) is 65.7 Å². The Bertz CT molecular complexity index is 1370. The van der Waals surface area contributed by atoms with Crippen LogP contribution in [0.15, 0.2) is 73.3 Å². The third kappa shape index (κ3) is 12.2. The van der Waals surface area contributed by atoms with Gasteiger partial charge in [-0.1, -0.05) is 36.4 Å². The Balaban J connectivity index is 1.51. The van der Waals surface area contributed by atoms with E-state index in [9.17, 15) is 10.2 Å². The van der Waals surface area contributed by atoms with Crippen LogP contribution in [0.2, 0.25) is 0 Å². The smallest absolute Gasteiger partial charge is 0.175 e. The number of benzene rings is 2. The molecule has 0 fully saturated rings. The van der Waals surface area contributed by atoms with Crippen LogP contribution in [-0.2, 0) is 58.2 Å². The molecule has 49 heavy (non-hydrogen) atoms. The standard InChI is InChI=1S/C37H54N6O6/c1-5-46-36(47-6-2)28-42-22-18-38-34(42)26-40(24-30-14-9-11-16-32(30)44)20-13-21-41(25-31-15-10-12-17-33(31)45)27-35-39-19-23-43(35)29-37(48-7-3)49-8-4/h9-12,14-19,22-23,36-37,44-45H,5-8,13,20-21,24-29H2,1-4H3. The fraction of sp³-hybridized carbons (Fsp3) is 0.514. The van der Waals surface area contributed by atoms with E-state index in [1.165, 1.54) is 0 Å². The molecule has 2 heterocycles. The maximum atomic E-state index is 10.6. The zero-order valence-corrected chi connectivity index (χ0v) is 29.5. The van der Waals surface area contributed by atoms with Crippen LogP contribution in [0.3, 0.4) is 0 Å². The first-order valence-electron chi connectivity index (χ1n) is 17.4. The second-order valence-corrected chi connectivity index (χ2v) is 11.7. The summed E-state index contributed by atoms with van der Waals surface area (Å²) in [5.41, 5.74) is 1.71. The first-order valence-corrected chi connectivity index (χ1v) is 17.4. The number of aromatic hydroxyl groups is 2. The van der Waals surface area contributed by atoms with Crippen molar-refractivity contribution in [3.63, 3.8) is 0 Å². The number of nitrogens with zero attached hydrogens (tertiary/aromatic N) is 6. The molecule has 0 bridgehead atoms. The molecule has 0 saturated carbocycles. The number of para-hydroxylation sites is 2. The predicted molar refractivity (Wildman–Crippen MR) is 188 cm³/mol. The summed E-state index contributed by atoms with van der Waals surface area (Å²) >= 11 is 0. The number of rotatable bonds is 24. The van der Waals surface area contributed by atoms with Gasteiger partial charge in [0, 0.05) is 88.5 Å². The SMILES string of the molecule is CCOC(Cn1ccnc1CN(CCCN(Cc1ccccc1O)Cc1nccn1CC(OCC)OCC)Cc1ccccc1O)OCC. The first-order chi connectivity index (χ1) is 23.9. The van der Waals surface area contributed by atoms with Gasteiger partial charge in [0.05, 0.1) is 26.2 Å². The van der Waals surface area contributed by atoms with Crippen molar-refractivity contribution >= 4 is 0 Å². The highest BCUT2D eigenvalue weighted by Gasteiger charge is 2.19. The number of aromatic nitrogens is 4. The van der Waals surface area contributed by atoms with Crippen molar-refractivity contribution in [2.45, 2.75) is 86.0 Å². The van der Waals surface area contributed by atoms with Crippen LogP contribution in [0.1, 0.15) is 56.9 Å². The molecule has 12 heteroatoms. The number of ether oxygens (including phenoxy) is 4. The molecule has 0 atom stereocenters. The van der Waals surface area contributed by atoms with Gasteiger partial charge in [0.2, 0.25) is 0 Å². The van der Waals surface area contributed by atoms with Gasteiger partial charge in [-0.25, -0.2) is 9.97 Å². The van der Waals surface area contributed by atoms with Crippen LogP contribution in [0.25, 0.3) is 0 Å².